The molecule has 110 valence electrons. The molecule has 4 nitrogen and oxygen atoms in total. The first-order chi connectivity index (χ1) is 8.05. The molecule has 2 unspecified atom stereocenters. The predicted octanol–water partition coefficient (Wildman–Crippen LogP) is 4.13. The molecule has 0 aliphatic heterocycles. The minimum atomic E-state index is -3.82. The Hall–Kier alpha value is 0.642. The molecule has 6 heteroatoms. The summed E-state index contributed by atoms with van der Waals surface area (Å²) in [4.78, 5) is 9.42. The molecule has 18 heavy (non-hydrogen) atoms. The van der Waals surface area contributed by atoms with E-state index < -0.39 is 7.82 Å². The fraction of sp³-hybridized carbons (Fsp3) is 1.00. The van der Waals surface area contributed by atoms with Crippen molar-refractivity contribution >= 4 is 7.82 Å². The SMILES string of the molecule is CCCCOP(=O)(O)OCC(CC)CCCC.[Cr]. The van der Waals surface area contributed by atoms with Crippen LogP contribution in [0, 0.1) is 5.92 Å². The summed E-state index contributed by atoms with van der Waals surface area (Å²) in [6, 6.07) is 0. The van der Waals surface area contributed by atoms with Crippen LogP contribution in [0.15, 0.2) is 0 Å². The van der Waals surface area contributed by atoms with Gasteiger partial charge >= 0.3 is 7.82 Å². The zero-order valence-corrected chi connectivity index (χ0v) is 13.9. The monoisotopic (exact) mass is 318 g/mol. The van der Waals surface area contributed by atoms with Crippen LogP contribution in [-0.2, 0) is 31.0 Å². The van der Waals surface area contributed by atoms with E-state index in [9.17, 15) is 9.46 Å². The van der Waals surface area contributed by atoms with Crippen LogP contribution in [-0.4, -0.2) is 18.1 Å². The van der Waals surface area contributed by atoms with Crippen LogP contribution in [0.3, 0.4) is 0 Å². The second-order valence-corrected chi connectivity index (χ2v) is 5.82. The minimum Gasteiger partial charge on any atom is -0.302 e. The van der Waals surface area contributed by atoms with Gasteiger partial charge in [-0.1, -0.05) is 46.5 Å². The summed E-state index contributed by atoms with van der Waals surface area (Å²) in [6.45, 7) is 6.82. The van der Waals surface area contributed by atoms with Crippen molar-refractivity contribution in [2.75, 3.05) is 13.2 Å². The third kappa shape index (κ3) is 11.7. The van der Waals surface area contributed by atoms with E-state index in [0.29, 0.717) is 12.5 Å². The molecular formula is C12H27CrO4P. The summed E-state index contributed by atoms with van der Waals surface area (Å²) >= 11 is 0. The van der Waals surface area contributed by atoms with Gasteiger partial charge in [-0.15, -0.1) is 0 Å². The van der Waals surface area contributed by atoms with Crippen molar-refractivity contribution < 1.29 is 35.9 Å². The van der Waals surface area contributed by atoms with Crippen LogP contribution in [0.25, 0.3) is 0 Å². The fourth-order valence-corrected chi connectivity index (χ4v) is 2.29. The van der Waals surface area contributed by atoms with Gasteiger partial charge in [0.05, 0.1) is 13.2 Å². The Morgan fingerprint density at radius 1 is 1.11 bits per heavy atom. The van der Waals surface area contributed by atoms with Gasteiger partial charge in [0.2, 0.25) is 0 Å². The van der Waals surface area contributed by atoms with Gasteiger partial charge in [-0.05, 0) is 18.8 Å². The first-order valence-electron chi connectivity index (χ1n) is 6.67. The normalized spacial score (nSPS) is 15.8. The topological polar surface area (TPSA) is 55.8 Å². The van der Waals surface area contributed by atoms with E-state index in [2.05, 4.69) is 13.8 Å². The van der Waals surface area contributed by atoms with Gasteiger partial charge in [0.25, 0.3) is 0 Å². The summed E-state index contributed by atoms with van der Waals surface area (Å²) in [5.41, 5.74) is 0. The molecular weight excluding hydrogens is 291 g/mol. The van der Waals surface area contributed by atoms with Gasteiger partial charge in [-0.25, -0.2) is 4.57 Å². The van der Waals surface area contributed by atoms with Crippen LogP contribution in [0.5, 0.6) is 0 Å². The number of hydrogen-bond acceptors (Lipinski definition) is 3. The number of unbranched alkanes of at least 4 members (excludes halogenated alkanes) is 2. The van der Waals surface area contributed by atoms with Gasteiger partial charge in [0.1, 0.15) is 0 Å². The second kappa shape index (κ2) is 12.7. The van der Waals surface area contributed by atoms with E-state index in [4.69, 9.17) is 9.05 Å². The van der Waals surface area contributed by atoms with Crippen molar-refractivity contribution in [1.29, 1.82) is 0 Å². The molecule has 0 bridgehead atoms. The summed E-state index contributed by atoms with van der Waals surface area (Å²) in [5.74, 6) is 0.352. The van der Waals surface area contributed by atoms with E-state index in [1.165, 1.54) is 0 Å². The molecule has 0 spiro atoms. The van der Waals surface area contributed by atoms with Crippen LogP contribution in [0.2, 0.25) is 0 Å². The zero-order valence-electron chi connectivity index (χ0n) is 11.8. The molecule has 2 atom stereocenters. The maximum absolute atomic E-state index is 11.5. The molecule has 0 fully saturated rings. The molecule has 0 aliphatic rings. The molecule has 0 saturated carbocycles. The molecule has 0 aromatic heterocycles. The number of rotatable bonds is 11. The summed E-state index contributed by atoms with van der Waals surface area (Å²) < 4.78 is 21.4. The van der Waals surface area contributed by atoms with E-state index in [1.54, 1.807) is 0 Å². The van der Waals surface area contributed by atoms with Gasteiger partial charge in [-0.3, -0.25) is 9.05 Å². The van der Waals surface area contributed by atoms with E-state index >= 15 is 0 Å². The van der Waals surface area contributed by atoms with Crippen molar-refractivity contribution in [3.05, 3.63) is 0 Å². The first kappa shape index (κ1) is 21.0. The van der Waals surface area contributed by atoms with Crippen molar-refractivity contribution in [1.82, 2.24) is 0 Å². The average molecular weight is 318 g/mol. The van der Waals surface area contributed by atoms with Gasteiger partial charge in [-0.2, -0.15) is 0 Å². The summed E-state index contributed by atoms with van der Waals surface area (Å²) in [7, 11) is -3.82. The Kier molecular flexibility index (Phi) is 14.7. The standard InChI is InChI=1S/C12H27O4P.Cr/c1-4-7-9-12(6-3)11-16-17(13,14)15-10-8-5-2;/h12H,4-11H2,1-3H3,(H,13,14);. The van der Waals surface area contributed by atoms with E-state index in [1.807, 2.05) is 6.92 Å². The second-order valence-electron chi connectivity index (χ2n) is 4.37. The van der Waals surface area contributed by atoms with Crippen molar-refractivity contribution in [3.8, 4) is 0 Å². The maximum atomic E-state index is 11.5. The summed E-state index contributed by atoms with van der Waals surface area (Å²) in [6.07, 6.45) is 6.00. The molecule has 0 aromatic carbocycles. The molecule has 0 aromatic rings. The fourth-order valence-electron chi connectivity index (χ4n) is 1.46. The smallest absolute Gasteiger partial charge is 0.302 e. The Morgan fingerprint density at radius 3 is 2.22 bits per heavy atom. The Bertz CT molecular complexity index is 226. The quantitative estimate of drug-likeness (QED) is 0.459. The summed E-state index contributed by atoms with van der Waals surface area (Å²) in [5, 5.41) is 0. The first-order valence-corrected chi connectivity index (χ1v) is 8.17. The van der Waals surface area contributed by atoms with Gasteiger partial charge in [0, 0.05) is 17.4 Å². The van der Waals surface area contributed by atoms with Crippen molar-refractivity contribution in [3.63, 3.8) is 0 Å². The zero-order chi connectivity index (χ0) is 13.1. The molecule has 0 amide bonds. The molecule has 0 rings (SSSR count). The van der Waals surface area contributed by atoms with E-state index in [0.717, 1.165) is 38.5 Å². The van der Waals surface area contributed by atoms with Crippen LogP contribution < -0.4 is 0 Å². The largest absolute Gasteiger partial charge is 0.472 e. The average Bonchev–Trinajstić information content (AvgIpc) is 2.29. The van der Waals surface area contributed by atoms with Crippen LogP contribution in [0.1, 0.15) is 59.3 Å². The molecule has 0 radical (unpaired) electrons. The molecule has 1 N–H and O–H groups in total. The van der Waals surface area contributed by atoms with Crippen LogP contribution >= 0.6 is 7.82 Å². The predicted molar refractivity (Wildman–Crippen MR) is 69.9 cm³/mol. The Morgan fingerprint density at radius 2 is 1.72 bits per heavy atom. The third-order valence-corrected chi connectivity index (χ3v) is 3.75. The molecule has 0 saturated heterocycles. The van der Waals surface area contributed by atoms with Crippen molar-refractivity contribution in [2.24, 2.45) is 5.92 Å². The van der Waals surface area contributed by atoms with Gasteiger partial charge in [0.15, 0.2) is 0 Å². The number of phosphoric ester groups is 1. The molecule has 0 aliphatic carbocycles. The Balaban J connectivity index is 0. The number of phosphoric acid groups is 1. The Labute approximate surface area is 122 Å². The van der Waals surface area contributed by atoms with Crippen LogP contribution in [0.4, 0.5) is 0 Å². The minimum absolute atomic E-state index is 0. The van der Waals surface area contributed by atoms with Crippen molar-refractivity contribution in [2.45, 2.75) is 59.3 Å². The maximum Gasteiger partial charge on any atom is 0.472 e. The molecule has 0 heterocycles. The van der Waals surface area contributed by atoms with Gasteiger partial charge < -0.3 is 4.89 Å². The third-order valence-electron chi connectivity index (χ3n) is 2.77. The number of hydrogen-bond donors (Lipinski definition) is 1. The van der Waals surface area contributed by atoms with E-state index in [-0.39, 0.29) is 24.0 Å².